The van der Waals surface area contributed by atoms with Crippen molar-refractivity contribution in [3.63, 3.8) is 0 Å². The van der Waals surface area contributed by atoms with Crippen LogP contribution in [0.1, 0.15) is 78.1 Å². The fraction of sp³-hybridized carbons (Fsp3) is 0.517. The fourth-order valence-electron chi connectivity index (χ4n) is 4.20. The summed E-state index contributed by atoms with van der Waals surface area (Å²) in [7, 11) is 0. The lowest BCUT2D eigenvalue weighted by Gasteiger charge is -2.39. The molecule has 3 unspecified atom stereocenters. The SMILES string of the molecule is CCCCCCCCCCCC1(C(=O)[O-])C=C(C(=O)[O-])C=CC1C(=O)OC(C)C#N.c1c[nH+]c[nH]1.c1c[nH+]c[nH]1. The maximum absolute atomic E-state index is 12.5. The van der Waals surface area contributed by atoms with Gasteiger partial charge in [-0.25, -0.2) is 0 Å². The van der Waals surface area contributed by atoms with E-state index in [1.54, 1.807) is 18.7 Å². The van der Waals surface area contributed by atoms with Crippen LogP contribution in [0, 0.1) is 22.7 Å². The first kappa shape index (κ1) is 33.8. The van der Waals surface area contributed by atoms with Crippen LogP contribution in [0.5, 0.6) is 0 Å². The van der Waals surface area contributed by atoms with Crippen molar-refractivity contribution in [1.82, 2.24) is 9.97 Å². The number of aromatic nitrogens is 4. The summed E-state index contributed by atoms with van der Waals surface area (Å²) in [6, 6.07) is 1.75. The van der Waals surface area contributed by atoms with Gasteiger partial charge in [0.25, 0.3) is 0 Å². The van der Waals surface area contributed by atoms with Crippen molar-refractivity contribution in [2.75, 3.05) is 0 Å². The third kappa shape index (κ3) is 12.6. The van der Waals surface area contributed by atoms with E-state index in [0.29, 0.717) is 6.42 Å². The highest BCUT2D eigenvalue weighted by Crippen LogP contribution is 2.41. The van der Waals surface area contributed by atoms with Crippen molar-refractivity contribution in [1.29, 1.82) is 5.26 Å². The van der Waals surface area contributed by atoms with Gasteiger partial charge in [0.05, 0.1) is 17.9 Å². The predicted octanol–water partition coefficient (Wildman–Crippen LogP) is 1.62. The molecule has 1 aliphatic carbocycles. The van der Waals surface area contributed by atoms with Crippen molar-refractivity contribution in [3.05, 3.63) is 61.2 Å². The number of carboxylic acids is 2. The number of hydrogen-bond acceptors (Lipinski definition) is 7. The molecule has 3 atom stereocenters. The first-order valence-corrected chi connectivity index (χ1v) is 13.7. The quantitative estimate of drug-likeness (QED) is 0.261. The van der Waals surface area contributed by atoms with Gasteiger partial charge in [0.15, 0.2) is 6.10 Å². The highest BCUT2D eigenvalue weighted by atomic mass is 16.5. The maximum Gasteiger partial charge on any atom is 0.315 e. The van der Waals surface area contributed by atoms with Crippen LogP contribution in [0.3, 0.4) is 0 Å². The number of ether oxygens (including phenoxy) is 1. The van der Waals surface area contributed by atoms with Gasteiger partial charge in [-0.15, -0.1) is 0 Å². The molecule has 0 fully saturated rings. The molecule has 0 radical (unpaired) electrons. The number of nitrogens with zero attached hydrogens (tertiary/aromatic N) is 1. The molecule has 0 aromatic carbocycles. The van der Waals surface area contributed by atoms with Crippen molar-refractivity contribution in [3.8, 4) is 6.07 Å². The summed E-state index contributed by atoms with van der Waals surface area (Å²) in [5.74, 6) is -5.23. The van der Waals surface area contributed by atoms with Crippen LogP contribution in [0.15, 0.2) is 61.2 Å². The van der Waals surface area contributed by atoms with E-state index in [1.807, 2.05) is 24.8 Å². The largest absolute Gasteiger partial charge is 0.549 e. The standard InChI is InChI=1S/C23H33NO6.2C3H4N2/c1-3-4-5-6-7-8-9-10-11-14-23(22(28)29)15-18(20(25)26)12-13-19(23)21(27)30-17(2)16-24;2*1-2-5-3-4-1/h12-13,15,17,19H,3-11,14H2,1-2H3,(H,25,26)(H,28,29);2*1-3H,(H,4,5). The van der Waals surface area contributed by atoms with Crippen LogP contribution < -0.4 is 20.2 Å². The average molecular weight is 556 g/mol. The lowest BCUT2D eigenvalue weighted by atomic mass is 9.68. The average Bonchev–Trinajstić information content (AvgIpc) is 3.71. The van der Waals surface area contributed by atoms with Crippen LogP contribution >= 0.6 is 0 Å². The molecular weight excluding hydrogens is 514 g/mol. The normalized spacial score (nSPS) is 18.0. The van der Waals surface area contributed by atoms with Crippen molar-refractivity contribution < 1.29 is 39.3 Å². The number of nitrogens with one attached hydrogen (secondary N) is 4. The topological polar surface area (TPSA) is 190 Å². The zero-order valence-corrected chi connectivity index (χ0v) is 23.3. The third-order valence-corrected chi connectivity index (χ3v) is 6.36. The number of carbonyl (C=O) groups is 3. The van der Waals surface area contributed by atoms with Crippen LogP contribution in [0.25, 0.3) is 0 Å². The van der Waals surface area contributed by atoms with Crippen molar-refractivity contribution in [2.24, 2.45) is 11.3 Å². The van der Waals surface area contributed by atoms with E-state index in [2.05, 4.69) is 26.9 Å². The van der Waals surface area contributed by atoms with Gasteiger partial charge in [-0.05, 0) is 18.9 Å². The number of nitriles is 1. The second-order valence-electron chi connectivity index (χ2n) is 9.46. The molecule has 0 saturated heterocycles. The Morgan fingerprint density at radius 1 is 1.00 bits per heavy atom. The molecule has 11 nitrogen and oxygen atoms in total. The van der Waals surface area contributed by atoms with Gasteiger partial charge in [0.2, 0.25) is 12.7 Å². The predicted molar refractivity (Wildman–Crippen MR) is 141 cm³/mol. The number of aliphatic carboxylic acids is 2. The Morgan fingerprint density at radius 2 is 1.55 bits per heavy atom. The molecule has 11 heteroatoms. The van der Waals surface area contributed by atoms with Crippen LogP contribution in [-0.4, -0.2) is 34.0 Å². The Bertz CT molecular complexity index is 1010. The maximum atomic E-state index is 12.5. The summed E-state index contributed by atoms with van der Waals surface area (Å²) >= 11 is 0. The van der Waals surface area contributed by atoms with Crippen LogP contribution in [-0.2, 0) is 19.1 Å². The number of unbranched alkanes of at least 4 members (excludes halogenated alkanes) is 8. The smallest absolute Gasteiger partial charge is 0.315 e. The Hall–Kier alpha value is -4.20. The zero-order chi connectivity index (χ0) is 29.6. The van der Waals surface area contributed by atoms with E-state index in [9.17, 15) is 24.6 Å². The number of carbonyl (C=O) groups excluding carboxylic acids is 3. The Balaban J connectivity index is 0.000000657. The minimum Gasteiger partial charge on any atom is -0.549 e. The third-order valence-electron chi connectivity index (χ3n) is 6.36. The molecule has 2 aromatic rings. The molecule has 2 aromatic heterocycles. The molecule has 0 bridgehead atoms. The highest BCUT2D eigenvalue weighted by molar-refractivity contribution is 5.94. The number of H-pyrrole nitrogens is 4. The highest BCUT2D eigenvalue weighted by Gasteiger charge is 2.44. The lowest BCUT2D eigenvalue weighted by molar-refractivity contribution is -0.376. The van der Waals surface area contributed by atoms with Gasteiger partial charge in [-0.1, -0.05) is 82.9 Å². The van der Waals surface area contributed by atoms with E-state index in [1.165, 1.54) is 38.7 Å². The van der Waals surface area contributed by atoms with Crippen molar-refractivity contribution in [2.45, 2.75) is 84.2 Å². The monoisotopic (exact) mass is 555 g/mol. The van der Waals surface area contributed by atoms with E-state index in [4.69, 9.17) is 10.00 Å². The summed E-state index contributed by atoms with van der Waals surface area (Å²) in [6.07, 6.45) is 22.3. The molecule has 0 aliphatic heterocycles. The zero-order valence-electron chi connectivity index (χ0n) is 23.3. The summed E-state index contributed by atoms with van der Waals surface area (Å²) < 4.78 is 5.00. The number of carboxylic acid groups (broad SMARTS) is 2. The molecule has 4 N–H and O–H groups in total. The molecular formula is C29H41N5O6. The van der Waals surface area contributed by atoms with Gasteiger partial charge in [0, 0.05) is 5.41 Å². The molecule has 40 heavy (non-hydrogen) atoms. The second kappa shape index (κ2) is 19.8. The van der Waals surface area contributed by atoms with E-state index in [0.717, 1.165) is 37.8 Å². The van der Waals surface area contributed by atoms with Crippen molar-refractivity contribution >= 4 is 17.9 Å². The first-order chi connectivity index (χ1) is 19.3. The molecule has 2 heterocycles. The lowest BCUT2D eigenvalue weighted by Crippen LogP contribution is -2.50. The van der Waals surface area contributed by atoms with Gasteiger partial charge in [0.1, 0.15) is 30.9 Å². The summed E-state index contributed by atoms with van der Waals surface area (Å²) in [6.45, 7) is 3.53. The number of esters is 1. The summed E-state index contributed by atoms with van der Waals surface area (Å²) in [5.41, 5.74) is -2.16. The van der Waals surface area contributed by atoms with Gasteiger partial charge in [-0.3, -0.25) is 24.7 Å². The minimum absolute atomic E-state index is 0.0347. The number of aromatic amines is 4. The van der Waals surface area contributed by atoms with Crippen LogP contribution in [0.4, 0.5) is 0 Å². The van der Waals surface area contributed by atoms with E-state index < -0.39 is 35.3 Å². The molecule has 3 rings (SSSR count). The van der Waals surface area contributed by atoms with Gasteiger partial charge >= 0.3 is 5.97 Å². The van der Waals surface area contributed by atoms with E-state index in [-0.39, 0.29) is 12.0 Å². The fourth-order valence-corrected chi connectivity index (χ4v) is 4.20. The molecule has 0 spiro atoms. The first-order valence-electron chi connectivity index (χ1n) is 13.7. The Kier molecular flexibility index (Phi) is 16.8. The molecule has 0 amide bonds. The second-order valence-corrected chi connectivity index (χ2v) is 9.46. The molecule has 218 valence electrons. The van der Waals surface area contributed by atoms with Crippen LogP contribution in [0.2, 0.25) is 0 Å². The number of rotatable bonds is 14. The number of hydrogen-bond donors (Lipinski definition) is 2. The summed E-state index contributed by atoms with van der Waals surface area (Å²) in [5, 5.41) is 32.2. The Labute approximate surface area is 235 Å². The van der Waals surface area contributed by atoms with Gasteiger partial charge < -0.3 is 24.5 Å². The minimum atomic E-state index is -1.85. The van der Waals surface area contributed by atoms with Gasteiger partial charge in [-0.2, -0.15) is 5.26 Å². The molecule has 0 saturated carbocycles. The number of imidazole rings is 2. The van der Waals surface area contributed by atoms with E-state index >= 15 is 0 Å². The molecule has 1 aliphatic rings. The summed E-state index contributed by atoms with van der Waals surface area (Å²) in [4.78, 5) is 47.1. The Morgan fingerprint density at radius 3 is 1.95 bits per heavy atom.